The third kappa shape index (κ3) is 4.61. The van der Waals surface area contributed by atoms with Gasteiger partial charge in [-0.3, -0.25) is 9.59 Å². The zero-order chi connectivity index (χ0) is 22.7. The Labute approximate surface area is 184 Å². The summed E-state index contributed by atoms with van der Waals surface area (Å²) >= 11 is 0. The van der Waals surface area contributed by atoms with Crippen LogP contribution in [0, 0.1) is 23.4 Å². The van der Waals surface area contributed by atoms with Crippen molar-refractivity contribution in [3.8, 4) is 0 Å². The summed E-state index contributed by atoms with van der Waals surface area (Å²) in [6.45, 7) is 1.28. The second-order valence-corrected chi connectivity index (χ2v) is 8.00. The number of aryl methyl sites for hydroxylation is 2. The van der Waals surface area contributed by atoms with Crippen LogP contribution in [0.3, 0.4) is 0 Å². The van der Waals surface area contributed by atoms with Gasteiger partial charge in [0.2, 0.25) is 0 Å². The summed E-state index contributed by atoms with van der Waals surface area (Å²) in [7, 11) is 0. The van der Waals surface area contributed by atoms with Crippen LogP contribution in [-0.2, 0) is 13.0 Å². The molecule has 0 saturated carbocycles. The lowest BCUT2D eigenvalue weighted by Gasteiger charge is -2.31. The molecule has 1 fully saturated rings. The van der Waals surface area contributed by atoms with Crippen molar-refractivity contribution in [3.63, 3.8) is 0 Å². The van der Waals surface area contributed by atoms with Crippen LogP contribution in [0.4, 0.5) is 13.2 Å². The Kier molecular flexibility index (Phi) is 6.44. The molecule has 1 aromatic heterocycles. The Bertz CT molecular complexity index is 1100. The van der Waals surface area contributed by atoms with Gasteiger partial charge in [0, 0.05) is 43.9 Å². The van der Waals surface area contributed by atoms with Crippen molar-refractivity contribution < 1.29 is 22.8 Å². The van der Waals surface area contributed by atoms with E-state index in [0.29, 0.717) is 50.3 Å². The number of aromatic nitrogens is 1. The summed E-state index contributed by atoms with van der Waals surface area (Å²) in [5.41, 5.74) is 1.05. The van der Waals surface area contributed by atoms with Gasteiger partial charge in [0.25, 0.3) is 5.91 Å². The topological polar surface area (TPSA) is 42.3 Å². The van der Waals surface area contributed by atoms with Crippen LogP contribution in [0.25, 0.3) is 0 Å². The molecule has 0 radical (unpaired) electrons. The van der Waals surface area contributed by atoms with Crippen molar-refractivity contribution in [3.05, 3.63) is 95.1 Å². The number of benzene rings is 2. The van der Waals surface area contributed by atoms with Gasteiger partial charge < -0.3 is 9.47 Å². The zero-order valence-electron chi connectivity index (χ0n) is 17.4. The Morgan fingerprint density at radius 2 is 1.56 bits per heavy atom. The fourth-order valence-electron chi connectivity index (χ4n) is 4.19. The molecule has 0 N–H and O–H groups in total. The van der Waals surface area contributed by atoms with Crippen LogP contribution in [0.5, 0.6) is 0 Å². The minimum Gasteiger partial charge on any atom is -0.343 e. The van der Waals surface area contributed by atoms with E-state index in [1.807, 2.05) is 47.2 Å². The number of hydrogen-bond acceptors (Lipinski definition) is 2. The minimum atomic E-state index is -1.19. The van der Waals surface area contributed by atoms with Gasteiger partial charge in [-0.15, -0.1) is 0 Å². The molecule has 1 aliphatic heterocycles. The maximum Gasteiger partial charge on any atom is 0.270 e. The SMILES string of the molecule is O=C(c1c(F)cc(F)cc1F)C1CCN(C(=O)c2cccn2CCc2ccccc2)CC1. The van der Waals surface area contributed by atoms with Crippen molar-refractivity contribution in [1.82, 2.24) is 9.47 Å². The van der Waals surface area contributed by atoms with E-state index in [-0.39, 0.29) is 5.91 Å². The quantitative estimate of drug-likeness (QED) is 0.513. The standard InChI is InChI=1S/C25H23F3N2O2/c26-19-15-20(27)23(21(28)16-19)24(31)18-9-13-30(14-10-18)25(32)22-7-4-11-29(22)12-8-17-5-2-1-3-6-17/h1-7,11,15-16,18H,8-10,12-14H2. The third-order valence-corrected chi connectivity index (χ3v) is 5.94. The fourth-order valence-corrected chi connectivity index (χ4v) is 4.19. The lowest BCUT2D eigenvalue weighted by molar-refractivity contribution is 0.0639. The molecule has 2 heterocycles. The van der Waals surface area contributed by atoms with Crippen molar-refractivity contribution >= 4 is 11.7 Å². The van der Waals surface area contributed by atoms with Gasteiger partial charge in [-0.2, -0.15) is 0 Å². The predicted molar refractivity (Wildman–Crippen MR) is 114 cm³/mol. The van der Waals surface area contributed by atoms with E-state index in [1.54, 1.807) is 11.0 Å². The van der Waals surface area contributed by atoms with E-state index in [0.717, 1.165) is 6.42 Å². The monoisotopic (exact) mass is 440 g/mol. The summed E-state index contributed by atoms with van der Waals surface area (Å²) in [5.74, 6) is -4.87. The average molecular weight is 440 g/mol. The minimum absolute atomic E-state index is 0.131. The molecule has 32 heavy (non-hydrogen) atoms. The summed E-state index contributed by atoms with van der Waals surface area (Å²) in [5, 5.41) is 0. The van der Waals surface area contributed by atoms with Crippen LogP contribution < -0.4 is 0 Å². The highest BCUT2D eigenvalue weighted by atomic mass is 19.1. The van der Waals surface area contributed by atoms with Crippen molar-refractivity contribution in [1.29, 1.82) is 0 Å². The van der Waals surface area contributed by atoms with Crippen LogP contribution in [0.2, 0.25) is 0 Å². The van der Waals surface area contributed by atoms with Crippen molar-refractivity contribution in [2.75, 3.05) is 13.1 Å². The van der Waals surface area contributed by atoms with E-state index in [1.165, 1.54) is 5.56 Å². The van der Waals surface area contributed by atoms with Crippen LogP contribution >= 0.6 is 0 Å². The van der Waals surface area contributed by atoms with Gasteiger partial charge in [-0.05, 0) is 37.0 Å². The Hall–Kier alpha value is -3.35. The highest BCUT2D eigenvalue weighted by Crippen LogP contribution is 2.26. The molecule has 0 unspecified atom stereocenters. The molecular weight excluding hydrogens is 417 g/mol. The number of amides is 1. The summed E-state index contributed by atoms with van der Waals surface area (Å²) in [4.78, 5) is 27.3. The molecule has 7 heteroatoms. The van der Waals surface area contributed by atoms with E-state index in [9.17, 15) is 22.8 Å². The van der Waals surface area contributed by atoms with Gasteiger partial charge in [-0.1, -0.05) is 30.3 Å². The summed E-state index contributed by atoms with van der Waals surface area (Å²) < 4.78 is 43.0. The van der Waals surface area contributed by atoms with E-state index >= 15 is 0 Å². The largest absolute Gasteiger partial charge is 0.343 e. The predicted octanol–water partition coefficient (Wildman–Crippen LogP) is 4.88. The lowest BCUT2D eigenvalue weighted by Crippen LogP contribution is -2.41. The zero-order valence-corrected chi connectivity index (χ0v) is 17.4. The highest BCUT2D eigenvalue weighted by molar-refractivity contribution is 5.99. The van der Waals surface area contributed by atoms with Crippen molar-refractivity contribution in [2.45, 2.75) is 25.8 Å². The second kappa shape index (κ2) is 9.42. The van der Waals surface area contributed by atoms with Gasteiger partial charge in [0.15, 0.2) is 5.78 Å². The van der Waals surface area contributed by atoms with Gasteiger partial charge >= 0.3 is 0 Å². The Balaban J connectivity index is 1.38. The molecular formula is C25H23F3N2O2. The number of Topliss-reactive ketones (excluding diaryl/α,β-unsaturated/α-hetero) is 1. The normalized spacial score (nSPS) is 14.5. The fraction of sp³-hybridized carbons (Fsp3) is 0.280. The molecule has 166 valence electrons. The number of ketones is 1. The Morgan fingerprint density at radius 3 is 2.22 bits per heavy atom. The molecule has 0 bridgehead atoms. The molecule has 4 nitrogen and oxygen atoms in total. The maximum absolute atomic E-state index is 14.0. The molecule has 1 aliphatic rings. The first-order valence-corrected chi connectivity index (χ1v) is 10.6. The number of likely N-dealkylation sites (tertiary alicyclic amines) is 1. The van der Waals surface area contributed by atoms with E-state index < -0.39 is 34.7 Å². The van der Waals surface area contributed by atoms with Gasteiger partial charge in [0.05, 0.1) is 5.56 Å². The third-order valence-electron chi connectivity index (χ3n) is 5.94. The lowest BCUT2D eigenvalue weighted by atomic mass is 9.88. The van der Waals surface area contributed by atoms with Crippen LogP contribution in [0.1, 0.15) is 39.3 Å². The van der Waals surface area contributed by atoms with Crippen molar-refractivity contribution in [2.24, 2.45) is 5.92 Å². The molecule has 0 aliphatic carbocycles. The second-order valence-electron chi connectivity index (χ2n) is 8.00. The summed E-state index contributed by atoms with van der Waals surface area (Å²) in [6.07, 6.45) is 3.25. The molecule has 4 rings (SSSR count). The first kappa shape index (κ1) is 21.9. The van der Waals surface area contributed by atoms with Gasteiger partial charge in [-0.25, -0.2) is 13.2 Å². The molecule has 0 atom stereocenters. The maximum atomic E-state index is 14.0. The Morgan fingerprint density at radius 1 is 0.906 bits per heavy atom. The number of hydrogen-bond donors (Lipinski definition) is 0. The first-order chi connectivity index (χ1) is 15.4. The highest BCUT2D eigenvalue weighted by Gasteiger charge is 2.32. The van der Waals surface area contributed by atoms with Crippen LogP contribution in [0.15, 0.2) is 60.8 Å². The molecule has 1 saturated heterocycles. The van der Waals surface area contributed by atoms with Crippen LogP contribution in [-0.4, -0.2) is 34.2 Å². The first-order valence-electron chi connectivity index (χ1n) is 10.6. The molecule has 1 amide bonds. The molecule has 0 spiro atoms. The number of rotatable bonds is 6. The molecule has 3 aromatic rings. The number of carbonyl (C=O) groups is 2. The average Bonchev–Trinajstić information content (AvgIpc) is 3.26. The van der Waals surface area contributed by atoms with E-state index in [2.05, 4.69) is 0 Å². The molecule has 2 aromatic carbocycles. The number of piperidine rings is 1. The number of carbonyl (C=O) groups excluding carboxylic acids is 2. The number of nitrogens with zero attached hydrogens (tertiary/aromatic N) is 2. The van der Waals surface area contributed by atoms with E-state index in [4.69, 9.17) is 0 Å². The summed E-state index contributed by atoms with van der Waals surface area (Å²) in [6, 6.07) is 14.6. The van der Waals surface area contributed by atoms with Gasteiger partial charge in [0.1, 0.15) is 23.1 Å². The smallest absolute Gasteiger partial charge is 0.270 e. The number of halogens is 3.